The smallest absolute Gasteiger partial charge is 0.259 e. The van der Waals surface area contributed by atoms with Crippen LogP contribution in [0, 0.1) is 6.92 Å². The highest BCUT2D eigenvalue weighted by Crippen LogP contribution is 2.34. The molecule has 1 aromatic heterocycles. The molecule has 1 amide bonds. The van der Waals surface area contributed by atoms with Crippen molar-refractivity contribution in [2.45, 2.75) is 11.9 Å². The molecule has 102 valence electrons. The van der Waals surface area contributed by atoms with Gasteiger partial charge < -0.3 is 4.90 Å². The fourth-order valence-corrected chi connectivity index (χ4v) is 3.36. The highest BCUT2D eigenvalue weighted by atomic mass is 35.5. The first-order valence-corrected chi connectivity index (χ1v) is 7.69. The van der Waals surface area contributed by atoms with Gasteiger partial charge >= 0.3 is 0 Å². The first kappa shape index (κ1) is 13.5. The topological polar surface area (TPSA) is 33.2 Å². The van der Waals surface area contributed by atoms with Gasteiger partial charge in [0, 0.05) is 18.5 Å². The summed E-state index contributed by atoms with van der Waals surface area (Å²) in [6.45, 7) is 2.58. The van der Waals surface area contributed by atoms with Crippen LogP contribution >= 0.6 is 23.4 Å². The van der Waals surface area contributed by atoms with E-state index in [-0.39, 0.29) is 5.91 Å². The summed E-state index contributed by atoms with van der Waals surface area (Å²) in [5.41, 5.74) is 2.33. The summed E-state index contributed by atoms with van der Waals surface area (Å²) in [4.78, 5) is 18.8. The molecule has 0 saturated heterocycles. The van der Waals surface area contributed by atoms with Crippen LogP contribution in [-0.4, -0.2) is 23.2 Å². The number of aromatic nitrogens is 1. The molecule has 0 atom stereocenters. The summed E-state index contributed by atoms with van der Waals surface area (Å²) < 4.78 is 0. The second-order valence-corrected chi connectivity index (χ2v) is 6.03. The molecule has 3 rings (SSSR count). The maximum Gasteiger partial charge on any atom is 0.259 e. The number of carbonyl (C=O) groups is 1. The van der Waals surface area contributed by atoms with Crippen LogP contribution < -0.4 is 4.90 Å². The maximum absolute atomic E-state index is 12.7. The number of benzene rings is 1. The van der Waals surface area contributed by atoms with Crippen LogP contribution in [-0.2, 0) is 0 Å². The molecule has 0 aliphatic carbocycles. The summed E-state index contributed by atoms with van der Waals surface area (Å²) >= 11 is 7.94. The number of nitrogens with zero attached hydrogens (tertiary/aromatic N) is 2. The van der Waals surface area contributed by atoms with Crippen molar-refractivity contribution in [3.05, 3.63) is 52.7 Å². The van der Waals surface area contributed by atoms with Crippen molar-refractivity contribution in [1.29, 1.82) is 0 Å². The third-order valence-electron chi connectivity index (χ3n) is 3.26. The third-order valence-corrected chi connectivity index (χ3v) is 4.74. The van der Waals surface area contributed by atoms with Gasteiger partial charge in [-0.15, -0.1) is 11.8 Å². The van der Waals surface area contributed by atoms with E-state index in [9.17, 15) is 4.79 Å². The molecule has 0 unspecified atom stereocenters. The Bertz CT molecular complexity index is 675. The standard InChI is InChI=1S/C15H13ClN2OS/c1-10-4-2-5-11(13(10)16)15(19)18-8-9-20-14-12(18)6-3-7-17-14/h2-7H,8-9H2,1H3. The van der Waals surface area contributed by atoms with E-state index in [0.29, 0.717) is 17.1 Å². The predicted molar refractivity (Wildman–Crippen MR) is 82.8 cm³/mol. The fraction of sp³-hybridized carbons (Fsp3) is 0.200. The number of thioether (sulfide) groups is 1. The van der Waals surface area contributed by atoms with E-state index in [2.05, 4.69) is 4.98 Å². The van der Waals surface area contributed by atoms with Gasteiger partial charge in [-0.1, -0.05) is 23.7 Å². The first-order chi connectivity index (χ1) is 9.68. The minimum atomic E-state index is -0.0618. The van der Waals surface area contributed by atoms with E-state index < -0.39 is 0 Å². The van der Waals surface area contributed by atoms with E-state index in [1.807, 2.05) is 31.2 Å². The Kier molecular flexibility index (Phi) is 3.68. The Morgan fingerprint density at radius 3 is 3.05 bits per heavy atom. The normalized spacial score (nSPS) is 14.0. The minimum Gasteiger partial charge on any atom is -0.305 e. The van der Waals surface area contributed by atoms with E-state index in [1.54, 1.807) is 28.9 Å². The van der Waals surface area contributed by atoms with E-state index >= 15 is 0 Å². The van der Waals surface area contributed by atoms with Gasteiger partial charge in [-0.25, -0.2) is 4.98 Å². The van der Waals surface area contributed by atoms with Gasteiger partial charge in [-0.2, -0.15) is 0 Å². The number of aryl methyl sites for hydroxylation is 1. The second-order valence-electron chi connectivity index (χ2n) is 4.57. The zero-order valence-electron chi connectivity index (χ0n) is 11.0. The van der Waals surface area contributed by atoms with Gasteiger partial charge in [-0.3, -0.25) is 4.79 Å². The van der Waals surface area contributed by atoms with Crippen molar-refractivity contribution >= 4 is 35.0 Å². The summed E-state index contributed by atoms with van der Waals surface area (Å²) in [7, 11) is 0. The first-order valence-electron chi connectivity index (χ1n) is 6.33. The lowest BCUT2D eigenvalue weighted by Crippen LogP contribution is -2.35. The highest BCUT2D eigenvalue weighted by molar-refractivity contribution is 7.99. The van der Waals surface area contributed by atoms with Crippen molar-refractivity contribution in [2.75, 3.05) is 17.2 Å². The number of rotatable bonds is 1. The Labute approximate surface area is 127 Å². The quantitative estimate of drug-likeness (QED) is 0.803. The van der Waals surface area contributed by atoms with Crippen molar-refractivity contribution in [2.24, 2.45) is 0 Å². The Morgan fingerprint density at radius 2 is 2.20 bits per heavy atom. The van der Waals surface area contributed by atoms with Gasteiger partial charge in [0.15, 0.2) is 0 Å². The van der Waals surface area contributed by atoms with Crippen molar-refractivity contribution in [1.82, 2.24) is 4.98 Å². The molecule has 1 aliphatic heterocycles. The summed E-state index contributed by atoms with van der Waals surface area (Å²) in [6, 6.07) is 9.31. The third kappa shape index (κ3) is 2.30. The number of fused-ring (bicyclic) bond motifs is 1. The molecule has 0 bridgehead atoms. The second kappa shape index (κ2) is 5.46. The van der Waals surface area contributed by atoms with Crippen LogP contribution in [0.4, 0.5) is 5.69 Å². The van der Waals surface area contributed by atoms with Crippen LogP contribution in [0.2, 0.25) is 5.02 Å². The fourth-order valence-electron chi connectivity index (χ4n) is 2.22. The number of hydrogen-bond donors (Lipinski definition) is 0. The van der Waals surface area contributed by atoms with E-state index in [4.69, 9.17) is 11.6 Å². The largest absolute Gasteiger partial charge is 0.305 e. The van der Waals surface area contributed by atoms with Crippen LogP contribution in [0.15, 0.2) is 41.6 Å². The number of anilines is 1. The predicted octanol–water partition coefficient (Wildman–Crippen LogP) is 3.80. The molecule has 2 aromatic rings. The van der Waals surface area contributed by atoms with Crippen LogP contribution in [0.3, 0.4) is 0 Å². The average Bonchev–Trinajstić information content (AvgIpc) is 2.49. The molecule has 0 radical (unpaired) electrons. The maximum atomic E-state index is 12.7. The van der Waals surface area contributed by atoms with Gasteiger partial charge in [-0.05, 0) is 30.7 Å². The van der Waals surface area contributed by atoms with E-state index in [1.165, 1.54) is 0 Å². The molecule has 1 aromatic carbocycles. The van der Waals surface area contributed by atoms with Crippen molar-refractivity contribution in [3.8, 4) is 0 Å². The van der Waals surface area contributed by atoms with Crippen LogP contribution in [0.1, 0.15) is 15.9 Å². The molecule has 5 heteroatoms. The zero-order valence-corrected chi connectivity index (χ0v) is 12.5. The van der Waals surface area contributed by atoms with Crippen LogP contribution in [0.5, 0.6) is 0 Å². The lowest BCUT2D eigenvalue weighted by atomic mass is 10.1. The molecule has 20 heavy (non-hydrogen) atoms. The molecule has 0 N–H and O–H groups in total. The Morgan fingerprint density at radius 1 is 1.35 bits per heavy atom. The number of pyridine rings is 1. The van der Waals surface area contributed by atoms with Gasteiger partial charge in [0.1, 0.15) is 5.03 Å². The molecular formula is C15H13ClN2OS. The van der Waals surface area contributed by atoms with Crippen molar-refractivity contribution in [3.63, 3.8) is 0 Å². The Hall–Kier alpha value is -1.52. The van der Waals surface area contributed by atoms with Gasteiger partial charge in [0.2, 0.25) is 0 Å². The monoisotopic (exact) mass is 304 g/mol. The average molecular weight is 305 g/mol. The molecule has 2 heterocycles. The highest BCUT2D eigenvalue weighted by Gasteiger charge is 2.26. The Balaban J connectivity index is 2.02. The molecule has 0 fully saturated rings. The number of amides is 1. The summed E-state index contributed by atoms with van der Waals surface area (Å²) in [5.74, 6) is 0.785. The molecule has 1 aliphatic rings. The summed E-state index contributed by atoms with van der Waals surface area (Å²) in [5, 5.41) is 1.43. The van der Waals surface area contributed by atoms with Crippen LogP contribution in [0.25, 0.3) is 0 Å². The lowest BCUT2D eigenvalue weighted by molar-refractivity contribution is 0.0987. The zero-order chi connectivity index (χ0) is 14.1. The van der Waals surface area contributed by atoms with Gasteiger partial charge in [0.05, 0.1) is 16.3 Å². The van der Waals surface area contributed by atoms with Gasteiger partial charge in [0.25, 0.3) is 5.91 Å². The number of hydrogen-bond acceptors (Lipinski definition) is 3. The number of halogens is 1. The molecule has 0 saturated carbocycles. The molecular weight excluding hydrogens is 292 g/mol. The minimum absolute atomic E-state index is 0.0618. The number of carbonyl (C=O) groups excluding carboxylic acids is 1. The summed E-state index contributed by atoms with van der Waals surface area (Å²) in [6.07, 6.45) is 1.75. The van der Waals surface area contributed by atoms with Crippen molar-refractivity contribution < 1.29 is 4.79 Å². The molecule has 0 spiro atoms. The molecule has 3 nitrogen and oxygen atoms in total. The lowest BCUT2D eigenvalue weighted by Gasteiger charge is -2.28. The SMILES string of the molecule is Cc1cccc(C(=O)N2CCSc3ncccc32)c1Cl. The van der Waals surface area contributed by atoms with E-state index in [0.717, 1.165) is 22.0 Å².